The number of amides is 1. The molecule has 0 aliphatic heterocycles. The molecule has 0 bridgehead atoms. The molecule has 0 unspecified atom stereocenters. The third kappa shape index (κ3) is 6.26. The van der Waals surface area contributed by atoms with Gasteiger partial charge in [0.1, 0.15) is 5.60 Å². The molecule has 1 saturated carbocycles. The maximum atomic E-state index is 11.8. The number of nitrogens with one attached hydrogen (secondary N) is 1. The van der Waals surface area contributed by atoms with Gasteiger partial charge in [0.15, 0.2) is 0 Å². The van der Waals surface area contributed by atoms with Gasteiger partial charge in [-0.05, 0) is 46.5 Å². The van der Waals surface area contributed by atoms with Crippen LogP contribution < -0.4 is 5.32 Å². The number of unbranched alkanes of at least 4 members (excludes halogenated alkanes) is 1. The minimum absolute atomic E-state index is 0.00794. The van der Waals surface area contributed by atoms with Crippen molar-refractivity contribution < 1.29 is 19.1 Å². The summed E-state index contributed by atoms with van der Waals surface area (Å²) in [5.74, 6) is -0.223. The second-order valence-electron chi connectivity index (χ2n) is 6.37. The number of ether oxygens (including phenoxy) is 2. The van der Waals surface area contributed by atoms with E-state index in [9.17, 15) is 9.59 Å². The Morgan fingerprint density at radius 2 is 1.95 bits per heavy atom. The standard InChI is InChI=1S/C15H27NO4/c1-5-6-9-19-13(17)11-7-8-12(10-11)16-14(18)20-15(2,3)4/h11-12H,5-10H2,1-4H3,(H,16,18)/t11-,12+/m0/s1. The Morgan fingerprint density at radius 3 is 2.55 bits per heavy atom. The highest BCUT2D eigenvalue weighted by Crippen LogP contribution is 2.27. The van der Waals surface area contributed by atoms with Crippen molar-refractivity contribution in [3.8, 4) is 0 Å². The van der Waals surface area contributed by atoms with Gasteiger partial charge >= 0.3 is 12.1 Å². The van der Waals surface area contributed by atoms with Crippen LogP contribution in [-0.2, 0) is 14.3 Å². The number of alkyl carbamates (subject to hydrolysis) is 1. The van der Waals surface area contributed by atoms with Crippen molar-refractivity contribution in [3.05, 3.63) is 0 Å². The number of carbonyl (C=O) groups excluding carboxylic acids is 2. The molecule has 1 aliphatic carbocycles. The first kappa shape index (κ1) is 16.8. The molecule has 0 aromatic rings. The lowest BCUT2D eigenvalue weighted by Gasteiger charge is -2.21. The second kappa shape index (κ2) is 7.50. The summed E-state index contributed by atoms with van der Waals surface area (Å²) in [6.07, 6.45) is 3.71. The first-order valence-electron chi connectivity index (χ1n) is 7.48. The molecule has 0 saturated heterocycles. The first-order chi connectivity index (χ1) is 9.31. The minimum Gasteiger partial charge on any atom is -0.465 e. The Kier molecular flexibility index (Phi) is 6.30. The Hall–Kier alpha value is -1.26. The Labute approximate surface area is 121 Å². The summed E-state index contributed by atoms with van der Waals surface area (Å²) in [5.41, 5.74) is -0.499. The van der Waals surface area contributed by atoms with Crippen molar-refractivity contribution in [2.45, 2.75) is 71.4 Å². The van der Waals surface area contributed by atoms with E-state index in [0.717, 1.165) is 25.7 Å². The van der Waals surface area contributed by atoms with Gasteiger partial charge in [-0.2, -0.15) is 0 Å². The summed E-state index contributed by atoms with van der Waals surface area (Å²) in [4.78, 5) is 23.5. The van der Waals surface area contributed by atoms with E-state index in [1.165, 1.54) is 0 Å². The molecular formula is C15H27NO4. The third-order valence-corrected chi connectivity index (χ3v) is 3.23. The SMILES string of the molecule is CCCCOC(=O)[C@H]1CC[C@@H](NC(=O)OC(C)(C)C)C1. The average Bonchev–Trinajstić information content (AvgIpc) is 2.75. The molecule has 0 spiro atoms. The van der Waals surface area contributed by atoms with E-state index in [1.54, 1.807) is 0 Å². The number of carbonyl (C=O) groups is 2. The zero-order valence-corrected chi connectivity index (χ0v) is 13.0. The van der Waals surface area contributed by atoms with Crippen molar-refractivity contribution in [1.29, 1.82) is 0 Å². The molecule has 20 heavy (non-hydrogen) atoms. The summed E-state index contributed by atoms with van der Waals surface area (Å²) < 4.78 is 10.4. The minimum atomic E-state index is -0.499. The van der Waals surface area contributed by atoms with Gasteiger partial charge in [-0.3, -0.25) is 4.79 Å². The summed E-state index contributed by atoms with van der Waals surface area (Å²) in [6.45, 7) is 8.04. The Balaban J connectivity index is 2.29. The van der Waals surface area contributed by atoms with Crippen LogP contribution in [0.2, 0.25) is 0 Å². The van der Waals surface area contributed by atoms with Crippen LogP contribution in [0.5, 0.6) is 0 Å². The number of esters is 1. The predicted octanol–water partition coefficient (Wildman–Crippen LogP) is 3.02. The van der Waals surface area contributed by atoms with Crippen molar-refractivity contribution in [2.24, 2.45) is 5.92 Å². The van der Waals surface area contributed by atoms with Gasteiger partial charge in [-0.25, -0.2) is 4.79 Å². The smallest absolute Gasteiger partial charge is 0.407 e. The van der Waals surface area contributed by atoms with Gasteiger partial charge in [0.05, 0.1) is 12.5 Å². The van der Waals surface area contributed by atoms with Crippen molar-refractivity contribution >= 4 is 12.1 Å². The maximum Gasteiger partial charge on any atom is 0.407 e. The second-order valence-corrected chi connectivity index (χ2v) is 6.37. The summed E-state index contributed by atoms with van der Waals surface area (Å²) in [6, 6.07) is 0.00794. The topological polar surface area (TPSA) is 64.6 Å². The van der Waals surface area contributed by atoms with Crippen LogP contribution in [0.4, 0.5) is 4.79 Å². The first-order valence-corrected chi connectivity index (χ1v) is 7.48. The molecule has 5 heteroatoms. The normalized spacial score (nSPS) is 22.4. The quantitative estimate of drug-likeness (QED) is 0.623. The van der Waals surface area contributed by atoms with Crippen LogP contribution in [0.1, 0.15) is 59.8 Å². The molecule has 0 aromatic heterocycles. The fraction of sp³-hybridized carbons (Fsp3) is 0.867. The van der Waals surface area contributed by atoms with Crippen molar-refractivity contribution in [1.82, 2.24) is 5.32 Å². The monoisotopic (exact) mass is 285 g/mol. The summed E-state index contributed by atoms with van der Waals surface area (Å²) >= 11 is 0. The van der Waals surface area contributed by atoms with Crippen LogP contribution in [0.25, 0.3) is 0 Å². The van der Waals surface area contributed by atoms with E-state index in [2.05, 4.69) is 12.2 Å². The van der Waals surface area contributed by atoms with E-state index in [-0.39, 0.29) is 17.9 Å². The fourth-order valence-corrected chi connectivity index (χ4v) is 2.24. The van der Waals surface area contributed by atoms with Gasteiger partial charge < -0.3 is 14.8 Å². The van der Waals surface area contributed by atoms with E-state index in [1.807, 2.05) is 20.8 Å². The van der Waals surface area contributed by atoms with Crippen LogP contribution in [-0.4, -0.2) is 30.3 Å². The van der Waals surface area contributed by atoms with Gasteiger partial charge in [0.25, 0.3) is 0 Å². The zero-order valence-electron chi connectivity index (χ0n) is 13.0. The average molecular weight is 285 g/mol. The van der Waals surface area contributed by atoms with Crippen LogP contribution in [0.3, 0.4) is 0 Å². The third-order valence-electron chi connectivity index (χ3n) is 3.23. The zero-order chi connectivity index (χ0) is 15.2. The van der Waals surface area contributed by atoms with Crippen LogP contribution >= 0.6 is 0 Å². The van der Waals surface area contributed by atoms with Gasteiger partial charge in [0.2, 0.25) is 0 Å². The van der Waals surface area contributed by atoms with E-state index in [0.29, 0.717) is 13.0 Å². The van der Waals surface area contributed by atoms with E-state index in [4.69, 9.17) is 9.47 Å². The highest BCUT2D eigenvalue weighted by Gasteiger charge is 2.32. The van der Waals surface area contributed by atoms with E-state index >= 15 is 0 Å². The molecule has 0 radical (unpaired) electrons. The number of hydrogen-bond acceptors (Lipinski definition) is 4. The van der Waals surface area contributed by atoms with Gasteiger partial charge in [-0.15, -0.1) is 0 Å². The number of rotatable bonds is 5. The highest BCUT2D eigenvalue weighted by atomic mass is 16.6. The Morgan fingerprint density at radius 1 is 1.25 bits per heavy atom. The summed E-state index contributed by atoms with van der Waals surface area (Å²) in [5, 5.41) is 2.82. The van der Waals surface area contributed by atoms with Crippen molar-refractivity contribution in [3.63, 3.8) is 0 Å². The van der Waals surface area contributed by atoms with Crippen LogP contribution in [0, 0.1) is 5.92 Å². The molecule has 1 amide bonds. The lowest BCUT2D eigenvalue weighted by molar-refractivity contribution is -0.148. The van der Waals surface area contributed by atoms with Crippen molar-refractivity contribution in [2.75, 3.05) is 6.61 Å². The van der Waals surface area contributed by atoms with E-state index < -0.39 is 11.7 Å². The lowest BCUT2D eigenvalue weighted by Crippen LogP contribution is -2.38. The molecule has 2 atom stereocenters. The fourth-order valence-electron chi connectivity index (χ4n) is 2.24. The lowest BCUT2D eigenvalue weighted by atomic mass is 10.1. The molecule has 1 rings (SSSR count). The Bertz CT molecular complexity index is 335. The molecular weight excluding hydrogens is 258 g/mol. The van der Waals surface area contributed by atoms with Gasteiger partial charge in [0, 0.05) is 6.04 Å². The number of hydrogen-bond donors (Lipinski definition) is 1. The predicted molar refractivity (Wildman–Crippen MR) is 76.4 cm³/mol. The maximum absolute atomic E-state index is 11.8. The molecule has 0 heterocycles. The largest absolute Gasteiger partial charge is 0.465 e. The van der Waals surface area contributed by atoms with Gasteiger partial charge in [-0.1, -0.05) is 13.3 Å². The van der Waals surface area contributed by atoms with Crippen LogP contribution in [0.15, 0.2) is 0 Å². The molecule has 1 fully saturated rings. The molecule has 1 N–H and O–H groups in total. The molecule has 1 aliphatic rings. The highest BCUT2D eigenvalue weighted by molar-refractivity contribution is 5.73. The molecule has 5 nitrogen and oxygen atoms in total. The summed E-state index contributed by atoms with van der Waals surface area (Å²) in [7, 11) is 0. The molecule has 116 valence electrons. The molecule has 0 aromatic carbocycles.